The second-order valence-corrected chi connectivity index (χ2v) is 7.55. The molecule has 0 bridgehead atoms. The van der Waals surface area contributed by atoms with Gasteiger partial charge in [-0.2, -0.15) is 0 Å². The molecule has 156 valence electrons. The number of nitrogens with one attached hydrogen (secondary N) is 2. The van der Waals surface area contributed by atoms with Gasteiger partial charge in [-0.05, 0) is 56.9 Å². The number of aromatic nitrogens is 1. The van der Waals surface area contributed by atoms with E-state index in [0.717, 1.165) is 19.4 Å². The Balaban J connectivity index is 1.83. The van der Waals surface area contributed by atoms with Crippen LogP contribution in [0.1, 0.15) is 26.7 Å². The molecule has 3 rings (SSSR count). The maximum Gasteiger partial charge on any atom is 0.311 e. The number of hydrogen-bond donors (Lipinski definition) is 3. The highest BCUT2D eigenvalue weighted by atomic mass is 19.1. The summed E-state index contributed by atoms with van der Waals surface area (Å²) < 4.78 is 14.8. The quantitative estimate of drug-likeness (QED) is 0.476. The summed E-state index contributed by atoms with van der Waals surface area (Å²) in [5.41, 5.74) is 0.649. The number of aliphatic hydroxyl groups is 1. The van der Waals surface area contributed by atoms with Crippen LogP contribution in [0.5, 0.6) is 0 Å². The Morgan fingerprint density at radius 3 is 2.83 bits per heavy atom. The minimum absolute atomic E-state index is 0.0473. The maximum atomic E-state index is 14.8. The molecule has 0 amide bonds. The van der Waals surface area contributed by atoms with Crippen LogP contribution in [0.2, 0.25) is 0 Å². The molecule has 1 unspecified atom stereocenters. The average Bonchev–Trinajstić information content (AvgIpc) is 2.67. The second kappa shape index (κ2) is 9.04. The molecule has 1 aromatic carbocycles. The molecule has 3 N–H and O–H groups in total. The molecule has 0 radical (unpaired) electrons. The number of piperidine rings is 1. The summed E-state index contributed by atoms with van der Waals surface area (Å²) >= 11 is 0. The van der Waals surface area contributed by atoms with Crippen molar-refractivity contribution in [1.29, 1.82) is 0 Å². The Hall–Kier alpha value is -2.94. The van der Waals surface area contributed by atoms with Crippen molar-refractivity contribution in [3.05, 3.63) is 46.3 Å². The number of anilines is 4. The van der Waals surface area contributed by atoms with Crippen LogP contribution >= 0.6 is 0 Å². The predicted octanol–water partition coefficient (Wildman–Crippen LogP) is 3.90. The van der Waals surface area contributed by atoms with Crippen molar-refractivity contribution in [3.8, 4) is 0 Å². The Morgan fingerprint density at radius 2 is 2.17 bits per heavy atom. The van der Waals surface area contributed by atoms with Crippen LogP contribution < -0.4 is 15.5 Å². The monoisotopic (exact) mass is 403 g/mol. The van der Waals surface area contributed by atoms with Gasteiger partial charge >= 0.3 is 5.69 Å². The van der Waals surface area contributed by atoms with Crippen LogP contribution in [0.25, 0.3) is 0 Å². The Kier molecular flexibility index (Phi) is 6.48. The van der Waals surface area contributed by atoms with Gasteiger partial charge in [-0.25, -0.2) is 9.37 Å². The smallest absolute Gasteiger partial charge is 0.311 e. The van der Waals surface area contributed by atoms with Crippen LogP contribution in [0.15, 0.2) is 30.3 Å². The van der Waals surface area contributed by atoms with Gasteiger partial charge in [0.15, 0.2) is 0 Å². The third-order valence-electron chi connectivity index (χ3n) is 4.84. The molecule has 1 aliphatic rings. The lowest BCUT2D eigenvalue weighted by Crippen LogP contribution is -2.37. The first-order valence-corrected chi connectivity index (χ1v) is 9.71. The van der Waals surface area contributed by atoms with E-state index in [1.807, 2.05) is 18.7 Å². The van der Waals surface area contributed by atoms with E-state index in [9.17, 15) is 19.6 Å². The summed E-state index contributed by atoms with van der Waals surface area (Å²) in [4.78, 5) is 17.0. The molecular weight excluding hydrogens is 377 g/mol. The zero-order chi connectivity index (χ0) is 21.0. The second-order valence-electron chi connectivity index (χ2n) is 7.55. The average molecular weight is 403 g/mol. The minimum Gasteiger partial charge on any atom is -0.396 e. The molecule has 1 saturated heterocycles. The van der Waals surface area contributed by atoms with Crippen molar-refractivity contribution in [1.82, 2.24) is 4.98 Å². The lowest BCUT2D eigenvalue weighted by Gasteiger charge is -2.33. The normalized spacial score (nSPS) is 16.7. The topological polar surface area (TPSA) is 104 Å². The zero-order valence-electron chi connectivity index (χ0n) is 16.6. The number of pyridine rings is 1. The SMILES string of the molecule is CC(C)Nc1ccc([N+](=O)[O-])c(Nc2ccc(N3CCCC(CO)C3)c(F)c2)n1. The predicted molar refractivity (Wildman–Crippen MR) is 111 cm³/mol. The molecule has 29 heavy (non-hydrogen) atoms. The van der Waals surface area contributed by atoms with Gasteiger partial charge in [0, 0.05) is 37.5 Å². The molecule has 1 fully saturated rings. The first kappa shape index (κ1) is 20.8. The molecule has 0 aliphatic carbocycles. The molecular formula is C20H26FN5O3. The molecule has 1 atom stereocenters. The van der Waals surface area contributed by atoms with E-state index < -0.39 is 10.7 Å². The van der Waals surface area contributed by atoms with Crippen LogP contribution in [0.4, 0.5) is 33.1 Å². The first-order chi connectivity index (χ1) is 13.9. The molecule has 1 aliphatic heterocycles. The number of rotatable bonds is 7. The fourth-order valence-corrected chi connectivity index (χ4v) is 3.48. The van der Waals surface area contributed by atoms with Gasteiger partial charge in [-0.15, -0.1) is 0 Å². The molecule has 8 nitrogen and oxygen atoms in total. The van der Waals surface area contributed by atoms with Crippen LogP contribution in [0.3, 0.4) is 0 Å². The van der Waals surface area contributed by atoms with Crippen molar-refractivity contribution in [3.63, 3.8) is 0 Å². The van der Waals surface area contributed by atoms with Crippen LogP contribution in [0, 0.1) is 21.8 Å². The molecule has 2 heterocycles. The van der Waals surface area contributed by atoms with Gasteiger partial charge in [0.05, 0.1) is 10.6 Å². The van der Waals surface area contributed by atoms with E-state index in [-0.39, 0.29) is 30.1 Å². The molecule has 0 saturated carbocycles. The number of halogens is 1. The summed E-state index contributed by atoms with van der Waals surface area (Å²) in [6.07, 6.45) is 1.83. The largest absolute Gasteiger partial charge is 0.396 e. The van der Waals surface area contributed by atoms with Gasteiger partial charge in [0.1, 0.15) is 11.6 Å². The van der Waals surface area contributed by atoms with Crippen molar-refractivity contribution in [2.75, 3.05) is 35.2 Å². The van der Waals surface area contributed by atoms with E-state index in [4.69, 9.17) is 0 Å². The number of hydrogen-bond acceptors (Lipinski definition) is 7. The van der Waals surface area contributed by atoms with Gasteiger partial charge in [-0.1, -0.05) is 0 Å². The van der Waals surface area contributed by atoms with Gasteiger partial charge < -0.3 is 20.6 Å². The summed E-state index contributed by atoms with van der Waals surface area (Å²) in [6, 6.07) is 7.66. The van der Waals surface area contributed by atoms with Crippen LogP contribution in [-0.2, 0) is 0 Å². The zero-order valence-corrected chi connectivity index (χ0v) is 16.6. The van der Waals surface area contributed by atoms with Gasteiger partial charge in [0.25, 0.3) is 0 Å². The Labute approximate surface area is 168 Å². The summed E-state index contributed by atoms with van der Waals surface area (Å²) in [7, 11) is 0. The number of nitro groups is 1. The van der Waals surface area contributed by atoms with Crippen molar-refractivity contribution in [2.45, 2.75) is 32.7 Å². The fraction of sp³-hybridized carbons (Fsp3) is 0.450. The maximum absolute atomic E-state index is 14.8. The van der Waals surface area contributed by atoms with Gasteiger partial charge in [-0.3, -0.25) is 10.1 Å². The highest BCUT2D eigenvalue weighted by molar-refractivity contribution is 5.69. The number of nitrogens with zero attached hydrogens (tertiary/aromatic N) is 3. The van der Waals surface area contributed by atoms with Crippen molar-refractivity contribution < 1.29 is 14.4 Å². The summed E-state index contributed by atoms with van der Waals surface area (Å²) in [5, 5.41) is 26.7. The summed E-state index contributed by atoms with van der Waals surface area (Å²) in [5.74, 6) is 0.261. The van der Waals surface area contributed by atoms with E-state index in [1.165, 1.54) is 12.1 Å². The molecule has 1 aromatic heterocycles. The van der Waals surface area contributed by atoms with E-state index in [2.05, 4.69) is 15.6 Å². The third-order valence-corrected chi connectivity index (χ3v) is 4.84. The van der Waals surface area contributed by atoms with Gasteiger partial charge in [0.2, 0.25) is 5.82 Å². The molecule has 0 spiro atoms. The lowest BCUT2D eigenvalue weighted by molar-refractivity contribution is -0.384. The van der Waals surface area contributed by atoms with E-state index in [1.54, 1.807) is 18.2 Å². The van der Waals surface area contributed by atoms with E-state index in [0.29, 0.717) is 23.7 Å². The Bertz CT molecular complexity index is 877. The van der Waals surface area contributed by atoms with Crippen molar-refractivity contribution >= 4 is 28.7 Å². The highest BCUT2D eigenvalue weighted by Gasteiger charge is 2.22. The van der Waals surface area contributed by atoms with Crippen molar-refractivity contribution in [2.24, 2.45) is 5.92 Å². The number of aliphatic hydroxyl groups excluding tert-OH is 1. The first-order valence-electron chi connectivity index (χ1n) is 9.71. The van der Waals surface area contributed by atoms with Crippen LogP contribution in [-0.4, -0.2) is 40.8 Å². The lowest BCUT2D eigenvalue weighted by atomic mass is 9.98. The number of benzene rings is 1. The molecule has 2 aromatic rings. The third kappa shape index (κ3) is 5.11. The fourth-order valence-electron chi connectivity index (χ4n) is 3.48. The molecule has 9 heteroatoms. The van der Waals surface area contributed by atoms with E-state index >= 15 is 0 Å². The minimum atomic E-state index is -0.526. The summed E-state index contributed by atoms with van der Waals surface area (Å²) in [6.45, 7) is 5.30. The highest BCUT2D eigenvalue weighted by Crippen LogP contribution is 2.31. The standard InChI is InChI=1S/C20H26FN5O3/c1-13(2)22-19-8-7-18(26(28)29)20(24-19)23-15-5-6-17(16(21)10-15)25-9-3-4-14(11-25)12-27/h5-8,10,13-14,27H,3-4,9,11-12H2,1-2H3,(H2,22,23,24). The Morgan fingerprint density at radius 1 is 1.38 bits per heavy atom.